The van der Waals surface area contributed by atoms with Gasteiger partial charge in [-0.2, -0.15) is 0 Å². The Labute approximate surface area is 135 Å². The summed E-state index contributed by atoms with van der Waals surface area (Å²) in [5, 5.41) is 3.46. The van der Waals surface area contributed by atoms with Crippen molar-refractivity contribution >= 4 is 15.9 Å². The fraction of sp³-hybridized carbons (Fsp3) is 0.529. The molecule has 0 bridgehead atoms. The van der Waals surface area contributed by atoms with E-state index in [0.717, 1.165) is 41.9 Å². The Bertz CT molecular complexity index is 478. The molecule has 0 aliphatic carbocycles. The Hall–Kier alpha value is -1.02. The summed E-state index contributed by atoms with van der Waals surface area (Å²) >= 11 is 3.49. The molecular formula is C17H22BrNO2. The molecule has 0 radical (unpaired) electrons. The van der Waals surface area contributed by atoms with Gasteiger partial charge in [0.2, 0.25) is 0 Å². The minimum absolute atomic E-state index is 0.296. The first-order valence-corrected chi connectivity index (χ1v) is 8.26. The molecule has 4 heteroatoms. The third-order valence-corrected chi connectivity index (χ3v) is 4.06. The van der Waals surface area contributed by atoms with Crippen molar-refractivity contribution in [1.29, 1.82) is 0 Å². The second-order valence-corrected chi connectivity index (χ2v) is 6.11. The van der Waals surface area contributed by atoms with Crippen LogP contribution in [0.4, 0.5) is 0 Å². The lowest BCUT2D eigenvalue weighted by molar-refractivity contribution is 0.0115. The largest absolute Gasteiger partial charge is 0.481 e. The second kappa shape index (κ2) is 9.09. The van der Waals surface area contributed by atoms with E-state index in [-0.39, 0.29) is 0 Å². The van der Waals surface area contributed by atoms with Crippen molar-refractivity contribution in [2.45, 2.75) is 38.3 Å². The Morgan fingerprint density at radius 1 is 1.43 bits per heavy atom. The van der Waals surface area contributed by atoms with Crippen LogP contribution in [0.1, 0.15) is 31.2 Å². The molecule has 1 aliphatic rings. The van der Waals surface area contributed by atoms with E-state index in [2.05, 4.69) is 33.2 Å². The molecule has 21 heavy (non-hydrogen) atoms. The van der Waals surface area contributed by atoms with Crippen LogP contribution < -0.4 is 10.1 Å². The minimum Gasteiger partial charge on any atom is -0.481 e. The third kappa shape index (κ3) is 5.70. The fourth-order valence-electron chi connectivity index (χ4n) is 2.47. The van der Waals surface area contributed by atoms with E-state index < -0.39 is 0 Å². The number of nitrogens with one attached hydrogen (secondary N) is 1. The van der Waals surface area contributed by atoms with Gasteiger partial charge >= 0.3 is 0 Å². The lowest BCUT2D eigenvalue weighted by atomic mass is 10.1. The van der Waals surface area contributed by atoms with Crippen LogP contribution in [0.3, 0.4) is 0 Å². The highest BCUT2D eigenvalue weighted by Crippen LogP contribution is 2.23. The number of hydrogen-bond acceptors (Lipinski definition) is 3. The average Bonchev–Trinajstić information content (AvgIpc) is 2.52. The van der Waals surface area contributed by atoms with Gasteiger partial charge in [-0.1, -0.05) is 21.9 Å². The zero-order valence-electron chi connectivity index (χ0n) is 12.2. The van der Waals surface area contributed by atoms with Gasteiger partial charge in [0.25, 0.3) is 0 Å². The van der Waals surface area contributed by atoms with Crippen molar-refractivity contribution in [3.05, 3.63) is 28.2 Å². The second-order valence-electron chi connectivity index (χ2n) is 5.20. The first kappa shape index (κ1) is 16.4. The molecule has 1 unspecified atom stereocenters. The van der Waals surface area contributed by atoms with E-state index in [1.165, 1.54) is 19.3 Å². The quantitative estimate of drug-likeness (QED) is 0.602. The number of terminal acetylenes is 1. The van der Waals surface area contributed by atoms with E-state index in [1.807, 2.05) is 12.1 Å². The number of benzene rings is 1. The summed E-state index contributed by atoms with van der Waals surface area (Å²) in [6.45, 7) is 2.93. The fourth-order valence-corrected chi connectivity index (χ4v) is 2.88. The average molecular weight is 352 g/mol. The van der Waals surface area contributed by atoms with Gasteiger partial charge in [-0.05, 0) is 50.4 Å². The first-order valence-electron chi connectivity index (χ1n) is 7.46. The van der Waals surface area contributed by atoms with Crippen LogP contribution in [0.15, 0.2) is 22.7 Å². The summed E-state index contributed by atoms with van der Waals surface area (Å²) in [6.07, 6.45) is 10.4. The number of rotatable bonds is 7. The summed E-state index contributed by atoms with van der Waals surface area (Å²) in [4.78, 5) is 0. The zero-order valence-corrected chi connectivity index (χ0v) is 13.8. The first-order chi connectivity index (χ1) is 10.3. The highest BCUT2D eigenvalue weighted by molar-refractivity contribution is 9.10. The van der Waals surface area contributed by atoms with E-state index in [0.29, 0.717) is 12.7 Å². The Morgan fingerprint density at radius 3 is 3.10 bits per heavy atom. The van der Waals surface area contributed by atoms with Gasteiger partial charge in [0, 0.05) is 23.2 Å². The number of halogens is 1. The normalized spacial score (nSPS) is 18.2. The van der Waals surface area contributed by atoms with Crippen molar-refractivity contribution in [2.75, 3.05) is 19.8 Å². The van der Waals surface area contributed by atoms with Crippen molar-refractivity contribution in [3.63, 3.8) is 0 Å². The lowest BCUT2D eigenvalue weighted by Gasteiger charge is -2.22. The Kier molecular flexibility index (Phi) is 7.08. The van der Waals surface area contributed by atoms with E-state index in [1.54, 1.807) is 0 Å². The number of ether oxygens (including phenoxy) is 2. The molecule has 1 saturated heterocycles. The monoisotopic (exact) mass is 351 g/mol. The standard InChI is InChI=1S/C17H22BrNO2/c1-2-10-21-17-7-6-15(18)12-14(17)13-19-9-8-16-5-3-4-11-20-16/h1,6-7,12,16,19H,3-5,8-11,13H2. The smallest absolute Gasteiger partial charge is 0.148 e. The van der Waals surface area contributed by atoms with Gasteiger partial charge < -0.3 is 14.8 Å². The van der Waals surface area contributed by atoms with E-state index in [9.17, 15) is 0 Å². The molecule has 0 spiro atoms. The summed E-state index contributed by atoms with van der Waals surface area (Å²) in [5.74, 6) is 3.34. The zero-order chi connectivity index (χ0) is 14.9. The maximum absolute atomic E-state index is 5.73. The van der Waals surface area contributed by atoms with Crippen LogP contribution in [-0.2, 0) is 11.3 Å². The third-order valence-electron chi connectivity index (χ3n) is 3.57. The maximum Gasteiger partial charge on any atom is 0.148 e. The van der Waals surface area contributed by atoms with Crippen LogP contribution in [-0.4, -0.2) is 25.9 Å². The van der Waals surface area contributed by atoms with Crippen molar-refractivity contribution < 1.29 is 9.47 Å². The molecule has 1 aliphatic heterocycles. The molecule has 1 aromatic rings. The molecule has 1 aromatic carbocycles. The Morgan fingerprint density at radius 2 is 2.33 bits per heavy atom. The van der Waals surface area contributed by atoms with E-state index >= 15 is 0 Å². The van der Waals surface area contributed by atoms with Crippen LogP contribution >= 0.6 is 15.9 Å². The highest BCUT2D eigenvalue weighted by atomic mass is 79.9. The van der Waals surface area contributed by atoms with Crippen LogP contribution in [0, 0.1) is 12.3 Å². The molecular weight excluding hydrogens is 330 g/mol. The maximum atomic E-state index is 5.73. The minimum atomic E-state index is 0.296. The van der Waals surface area contributed by atoms with Crippen LogP contribution in [0.2, 0.25) is 0 Å². The molecule has 1 heterocycles. The van der Waals surface area contributed by atoms with E-state index in [4.69, 9.17) is 15.9 Å². The molecule has 0 saturated carbocycles. The summed E-state index contributed by atoms with van der Waals surface area (Å²) in [7, 11) is 0. The van der Waals surface area contributed by atoms with Gasteiger partial charge in [-0.25, -0.2) is 0 Å². The highest BCUT2D eigenvalue weighted by Gasteiger charge is 2.13. The molecule has 2 rings (SSSR count). The summed E-state index contributed by atoms with van der Waals surface area (Å²) in [6, 6.07) is 5.98. The van der Waals surface area contributed by atoms with Gasteiger partial charge in [0.05, 0.1) is 6.10 Å². The Balaban J connectivity index is 1.78. The molecule has 1 fully saturated rings. The number of hydrogen-bond donors (Lipinski definition) is 1. The van der Waals surface area contributed by atoms with Gasteiger partial charge in [-0.15, -0.1) is 6.42 Å². The van der Waals surface area contributed by atoms with Crippen molar-refractivity contribution in [3.8, 4) is 18.1 Å². The predicted octanol–water partition coefficient (Wildman–Crippen LogP) is 3.51. The summed E-state index contributed by atoms with van der Waals surface area (Å²) in [5.41, 5.74) is 1.11. The topological polar surface area (TPSA) is 30.5 Å². The van der Waals surface area contributed by atoms with Crippen molar-refractivity contribution in [1.82, 2.24) is 5.32 Å². The lowest BCUT2D eigenvalue weighted by Crippen LogP contribution is -2.25. The van der Waals surface area contributed by atoms with Gasteiger partial charge in [0.1, 0.15) is 12.4 Å². The predicted molar refractivity (Wildman–Crippen MR) is 88.4 cm³/mol. The SMILES string of the molecule is C#CCOc1ccc(Br)cc1CNCCC1CCCCO1. The summed E-state index contributed by atoms with van der Waals surface area (Å²) < 4.78 is 12.3. The molecule has 0 aromatic heterocycles. The van der Waals surface area contributed by atoms with Crippen molar-refractivity contribution in [2.24, 2.45) is 0 Å². The molecule has 3 nitrogen and oxygen atoms in total. The molecule has 0 amide bonds. The van der Waals surface area contributed by atoms with Crippen LogP contribution in [0.5, 0.6) is 5.75 Å². The van der Waals surface area contributed by atoms with Crippen LogP contribution in [0.25, 0.3) is 0 Å². The molecule has 1 atom stereocenters. The molecule has 1 N–H and O–H groups in total. The van der Waals surface area contributed by atoms with Gasteiger partial charge in [-0.3, -0.25) is 0 Å². The molecule has 114 valence electrons. The van der Waals surface area contributed by atoms with Gasteiger partial charge in [0.15, 0.2) is 0 Å².